The summed E-state index contributed by atoms with van der Waals surface area (Å²) in [5.41, 5.74) is 0. The Kier molecular flexibility index (Phi) is 16.2. The number of hydrogen-bond acceptors (Lipinski definition) is 5. The minimum atomic E-state index is -0.269. The lowest BCUT2D eigenvalue weighted by Crippen LogP contribution is -2.10. The molecule has 0 aromatic carbocycles. The average molecular weight is 290 g/mol. The Balaban J connectivity index is 0. The van der Waals surface area contributed by atoms with Gasteiger partial charge in [-0.2, -0.15) is 11.8 Å². The first kappa shape index (κ1) is 20.3. The van der Waals surface area contributed by atoms with Gasteiger partial charge in [0, 0.05) is 11.3 Å². The first-order chi connectivity index (χ1) is 9.01. The van der Waals surface area contributed by atoms with E-state index in [1.54, 1.807) is 31.7 Å². The third-order valence-electron chi connectivity index (χ3n) is 1.80. The molecule has 0 radical (unpaired) electrons. The summed E-state index contributed by atoms with van der Waals surface area (Å²) in [7, 11) is 0. The van der Waals surface area contributed by atoms with Gasteiger partial charge < -0.3 is 9.47 Å². The van der Waals surface area contributed by atoms with E-state index >= 15 is 0 Å². The number of carbonyl (C=O) groups is 2. The highest BCUT2D eigenvalue weighted by Crippen LogP contribution is 2.13. The van der Waals surface area contributed by atoms with Gasteiger partial charge in [-0.15, -0.1) is 0 Å². The molecular weight excluding hydrogens is 264 g/mol. The van der Waals surface area contributed by atoms with Crippen molar-refractivity contribution in [2.24, 2.45) is 0 Å². The fourth-order valence-corrected chi connectivity index (χ4v) is 1.95. The Hall–Kier alpha value is -0.970. The van der Waals surface area contributed by atoms with Crippen LogP contribution in [0, 0.1) is 0 Å². The first-order valence-electron chi connectivity index (χ1n) is 6.58. The van der Waals surface area contributed by atoms with Crippen molar-refractivity contribution < 1.29 is 19.1 Å². The second kappa shape index (κ2) is 15.1. The summed E-state index contributed by atoms with van der Waals surface area (Å²) in [4.78, 5) is 21.2. The maximum Gasteiger partial charge on any atom is 0.330 e. The number of thioether (sulfide) groups is 1. The first-order valence-corrected chi connectivity index (χ1v) is 7.63. The normalized spacial score (nSPS) is 11.4. The molecule has 0 heterocycles. The summed E-state index contributed by atoms with van der Waals surface area (Å²) in [6.07, 6.45) is 3.58. The SMILES string of the molecule is C/C=C/C(=O)OCC.CCOC(=O)CC(C)SCC. The van der Waals surface area contributed by atoms with Crippen LogP contribution >= 0.6 is 11.8 Å². The second-order valence-corrected chi connectivity index (χ2v) is 5.24. The van der Waals surface area contributed by atoms with Crippen LogP contribution in [0.15, 0.2) is 12.2 Å². The Morgan fingerprint density at radius 1 is 1.16 bits per heavy atom. The van der Waals surface area contributed by atoms with Gasteiger partial charge in [0.25, 0.3) is 0 Å². The average Bonchev–Trinajstić information content (AvgIpc) is 2.30. The molecule has 4 nitrogen and oxygen atoms in total. The molecule has 0 rings (SSSR count). The molecule has 5 heteroatoms. The molecule has 112 valence electrons. The van der Waals surface area contributed by atoms with E-state index in [0.29, 0.717) is 24.9 Å². The molecule has 0 aliphatic carbocycles. The monoisotopic (exact) mass is 290 g/mol. The highest BCUT2D eigenvalue weighted by atomic mass is 32.2. The molecule has 0 aromatic heterocycles. The highest BCUT2D eigenvalue weighted by Gasteiger charge is 2.08. The molecule has 0 spiro atoms. The Morgan fingerprint density at radius 3 is 2.16 bits per heavy atom. The van der Waals surface area contributed by atoms with Crippen LogP contribution in [0.3, 0.4) is 0 Å². The summed E-state index contributed by atoms with van der Waals surface area (Å²) < 4.78 is 9.36. The Labute approximate surface area is 120 Å². The van der Waals surface area contributed by atoms with Gasteiger partial charge in [0.2, 0.25) is 0 Å². The van der Waals surface area contributed by atoms with Gasteiger partial charge in [-0.1, -0.05) is 19.9 Å². The van der Waals surface area contributed by atoms with Crippen molar-refractivity contribution in [3.8, 4) is 0 Å². The molecule has 0 aliphatic heterocycles. The zero-order chi connectivity index (χ0) is 15.1. The summed E-state index contributed by atoms with van der Waals surface area (Å²) in [6, 6.07) is 0. The van der Waals surface area contributed by atoms with Crippen molar-refractivity contribution in [3.05, 3.63) is 12.2 Å². The van der Waals surface area contributed by atoms with Crippen molar-refractivity contribution in [2.75, 3.05) is 19.0 Å². The molecule has 0 fully saturated rings. The summed E-state index contributed by atoms with van der Waals surface area (Å²) >= 11 is 1.78. The van der Waals surface area contributed by atoms with Crippen molar-refractivity contribution in [1.82, 2.24) is 0 Å². The van der Waals surface area contributed by atoms with Crippen molar-refractivity contribution in [2.45, 2.75) is 46.3 Å². The van der Waals surface area contributed by atoms with Gasteiger partial charge in [-0.3, -0.25) is 4.79 Å². The topological polar surface area (TPSA) is 52.6 Å². The van der Waals surface area contributed by atoms with Crippen molar-refractivity contribution in [3.63, 3.8) is 0 Å². The van der Waals surface area contributed by atoms with Crippen LogP contribution in [0.4, 0.5) is 0 Å². The van der Waals surface area contributed by atoms with E-state index in [1.807, 2.05) is 13.8 Å². The van der Waals surface area contributed by atoms with E-state index in [2.05, 4.69) is 11.7 Å². The van der Waals surface area contributed by atoms with Gasteiger partial charge in [-0.05, 0) is 26.5 Å². The number of esters is 2. The molecule has 0 bridgehead atoms. The van der Waals surface area contributed by atoms with E-state index < -0.39 is 0 Å². The summed E-state index contributed by atoms with van der Waals surface area (Å²) in [5.74, 6) is 0.705. The van der Waals surface area contributed by atoms with Crippen LogP contribution in [-0.4, -0.2) is 36.2 Å². The van der Waals surface area contributed by atoms with Crippen molar-refractivity contribution >= 4 is 23.7 Å². The minimum Gasteiger partial charge on any atom is -0.466 e. The van der Waals surface area contributed by atoms with Gasteiger partial charge in [0.1, 0.15) is 0 Å². The Bertz CT molecular complexity index is 264. The van der Waals surface area contributed by atoms with Gasteiger partial charge in [0.15, 0.2) is 0 Å². The van der Waals surface area contributed by atoms with Gasteiger partial charge in [-0.25, -0.2) is 4.79 Å². The zero-order valence-electron chi connectivity index (χ0n) is 12.6. The minimum absolute atomic E-state index is 0.0825. The maximum atomic E-state index is 10.9. The van der Waals surface area contributed by atoms with E-state index in [9.17, 15) is 9.59 Å². The highest BCUT2D eigenvalue weighted by molar-refractivity contribution is 7.99. The lowest BCUT2D eigenvalue weighted by Gasteiger charge is -2.07. The molecular formula is C14H26O4S. The van der Waals surface area contributed by atoms with E-state index in [0.717, 1.165) is 5.75 Å². The number of rotatable bonds is 7. The molecule has 0 amide bonds. The molecule has 0 aromatic rings. The van der Waals surface area contributed by atoms with E-state index in [-0.39, 0.29) is 11.9 Å². The van der Waals surface area contributed by atoms with Gasteiger partial charge >= 0.3 is 11.9 Å². The van der Waals surface area contributed by atoms with E-state index in [4.69, 9.17) is 4.74 Å². The predicted octanol–water partition coefficient (Wildman–Crippen LogP) is 3.21. The largest absolute Gasteiger partial charge is 0.466 e. The molecule has 1 atom stereocenters. The number of ether oxygens (including phenoxy) is 2. The van der Waals surface area contributed by atoms with Crippen LogP contribution in [0.1, 0.15) is 41.0 Å². The number of hydrogen-bond donors (Lipinski definition) is 0. The molecule has 0 saturated heterocycles. The second-order valence-electron chi connectivity index (χ2n) is 3.53. The molecule has 1 unspecified atom stereocenters. The molecule has 0 saturated carbocycles. The standard InChI is InChI=1S/C8H16O2S.C6H10O2/c1-4-10-8(9)6-7(3)11-5-2;1-3-5-6(7)8-4-2/h7H,4-6H2,1-3H3;3,5H,4H2,1-2H3/b;5-3+. The summed E-state index contributed by atoms with van der Waals surface area (Å²) in [6.45, 7) is 10.5. The smallest absolute Gasteiger partial charge is 0.330 e. The summed E-state index contributed by atoms with van der Waals surface area (Å²) in [5, 5.41) is 0.388. The van der Waals surface area contributed by atoms with Crippen LogP contribution in [0.25, 0.3) is 0 Å². The quantitative estimate of drug-likeness (QED) is 0.532. The Morgan fingerprint density at radius 2 is 1.74 bits per heavy atom. The lowest BCUT2D eigenvalue weighted by atomic mass is 10.3. The number of allylic oxidation sites excluding steroid dienone is 1. The third-order valence-corrected chi connectivity index (χ3v) is 2.87. The predicted molar refractivity (Wildman–Crippen MR) is 80.3 cm³/mol. The molecule has 0 aliphatic rings. The zero-order valence-corrected chi connectivity index (χ0v) is 13.4. The molecule has 19 heavy (non-hydrogen) atoms. The van der Waals surface area contributed by atoms with Gasteiger partial charge in [0.05, 0.1) is 19.6 Å². The maximum absolute atomic E-state index is 10.9. The van der Waals surface area contributed by atoms with Crippen LogP contribution in [-0.2, 0) is 19.1 Å². The third kappa shape index (κ3) is 17.0. The van der Waals surface area contributed by atoms with Crippen LogP contribution in [0.5, 0.6) is 0 Å². The fraction of sp³-hybridized carbons (Fsp3) is 0.714. The lowest BCUT2D eigenvalue weighted by molar-refractivity contribution is -0.143. The van der Waals surface area contributed by atoms with Crippen molar-refractivity contribution in [1.29, 1.82) is 0 Å². The van der Waals surface area contributed by atoms with Crippen LogP contribution < -0.4 is 0 Å². The van der Waals surface area contributed by atoms with Crippen LogP contribution in [0.2, 0.25) is 0 Å². The van der Waals surface area contributed by atoms with E-state index in [1.165, 1.54) is 6.08 Å². The number of carbonyl (C=O) groups excluding carboxylic acids is 2. The fourth-order valence-electron chi connectivity index (χ4n) is 1.12. The molecule has 0 N–H and O–H groups in total.